The standard InChI is InChI=1S/C15H22O2/c1-10(9-16)15-11(2)13-7-5-4-6-12(13)8-14(15)17-3/h8,10,16H,4-7,9H2,1-3H3. The summed E-state index contributed by atoms with van der Waals surface area (Å²) in [7, 11) is 1.72. The second-order valence-electron chi connectivity index (χ2n) is 5.05. The molecule has 1 unspecified atom stereocenters. The van der Waals surface area contributed by atoms with E-state index in [-0.39, 0.29) is 12.5 Å². The van der Waals surface area contributed by atoms with Crippen LogP contribution >= 0.6 is 0 Å². The highest BCUT2D eigenvalue weighted by atomic mass is 16.5. The average molecular weight is 234 g/mol. The summed E-state index contributed by atoms with van der Waals surface area (Å²) in [4.78, 5) is 0. The number of aliphatic hydroxyl groups is 1. The predicted molar refractivity (Wildman–Crippen MR) is 69.9 cm³/mol. The van der Waals surface area contributed by atoms with Crippen LogP contribution < -0.4 is 4.74 Å². The number of hydrogen-bond donors (Lipinski definition) is 1. The van der Waals surface area contributed by atoms with Crippen LogP contribution in [0.15, 0.2) is 6.07 Å². The van der Waals surface area contributed by atoms with E-state index in [2.05, 4.69) is 19.9 Å². The number of hydrogen-bond acceptors (Lipinski definition) is 2. The Kier molecular flexibility index (Phi) is 3.72. The molecule has 1 N–H and O–H groups in total. The maximum absolute atomic E-state index is 9.38. The molecule has 1 aliphatic carbocycles. The Morgan fingerprint density at radius 1 is 1.35 bits per heavy atom. The third kappa shape index (κ3) is 2.19. The highest BCUT2D eigenvalue weighted by Gasteiger charge is 2.21. The summed E-state index contributed by atoms with van der Waals surface area (Å²) in [5.41, 5.74) is 5.46. The zero-order valence-corrected chi connectivity index (χ0v) is 11.0. The van der Waals surface area contributed by atoms with Crippen molar-refractivity contribution in [2.45, 2.75) is 45.4 Å². The van der Waals surface area contributed by atoms with E-state index in [1.807, 2.05) is 0 Å². The van der Waals surface area contributed by atoms with Gasteiger partial charge in [0, 0.05) is 18.1 Å². The molecule has 0 radical (unpaired) electrons. The Morgan fingerprint density at radius 2 is 2.06 bits per heavy atom. The Morgan fingerprint density at radius 3 is 2.71 bits per heavy atom. The van der Waals surface area contributed by atoms with E-state index in [1.54, 1.807) is 7.11 Å². The van der Waals surface area contributed by atoms with Crippen molar-refractivity contribution in [2.75, 3.05) is 13.7 Å². The van der Waals surface area contributed by atoms with Gasteiger partial charge in [-0.2, -0.15) is 0 Å². The molecule has 2 rings (SSSR count). The highest BCUT2D eigenvalue weighted by molar-refractivity contribution is 5.51. The fourth-order valence-corrected chi connectivity index (χ4v) is 2.97. The number of ether oxygens (including phenoxy) is 1. The topological polar surface area (TPSA) is 29.5 Å². The lowest BCUT2D eigenvalue weighted by Gasteiger charge is -2.25. The molecule has 17 heavy (non-hydrogen) atoms. The molecule has 1 aliphatic rings. The molecule has 0 spiro atoms. The number of rotatable bonds is 3. The highest BCUT2D eigenvalue weighted by Crippen LogP contribution is 2.36. The van der Waals surface area contributed by atoms with Crippen LogP contribution in [0.3, 0.4) is 0 Å². The van der Waals surface area contributed by atoms with Gasteiger partial charge in [0.1, 0.15) is 5.75 Å². The molecule has 2 heteroatoms. The molecule has 1 aromatic carbocycles. The first-order valence-corrected chi connectivity index (χ1v) is 6.49. The molecule has 1 atom stereocenters. The van der Waals surface area contributed by atoms with Crippen molar-refractivity contribution < 1.29 is 9.84 Å². The summed E-state index contributed by atoms with van der Waals surface area (Å²) in [5, 5.41) is 9.38. The minimum Gasteiger partial charge on any atom is -0.496 e. The van der Waals surface area contributed by atoms with Crippen LogP contribution in [-0.4, -0.2) is 18.8 Å². The average Bonchev–Trinajstić information content (AvgIpc) is 2.37. The van der Waals surface area contributed by atoms with Crippen LogP contribution in [0.25, 0.3) is 0 Å². The van der Waals surface area contributed by atoms with Crippen LogP contribution in [0.4, 0.5) is 0 Å². The van der Waals surface area contributed by atoms with Crippen molar-refractivity contribution in [3.8, 4) is 5.75 Å². The first-order valence-electron chi connectivity index (χ1n) is 6.49. The molecule has 0 heterocycles. The third-order valence-corrected chi connectivity index (χ3v) is 3.92. The fourth-order valence-electron chi connectivity index (χ4n) is 2.97. The fraction of sp³-hybridized carbons (Fsp3) is 0.600. The molecular formula is C15H22O2. The van der Waals surface area contributed by atoms with Crippen molar-refractivity contribution in [3.05, 3.63) is 28.3 Å². The zero-order chi connectivity index (χ0) is 12.4. The Hall–Kier alpha value is -1.02. The molecule has 0 amide bonds. The van der Waals surface area contributed by atoms with E-state index >= 15 is 0 Å². The first kappa shape index (κ1) is 12.4. The lowest BCUT2D eigenvalue weighted by atomic mass is 9.83. The molecule has 0 bridgehead atoms. The number of methoxy groups -OCH3 is 1. The molecule has 0 saturated heterocycles. The number of fused-ring (bicyclic) bond motifs is 1. The number of aliphatic hydroxyl groups excluding tert-OH is 1. The third-order valence-electron chi connectivity index (χ3n) is 3.92. The molecule has 2 nitrogen and oxygen atoms in total. The second kappa shape index (κ2) is 5.09. The Balaban J connectivity index is 2.56. The summed E-state index contributed by atoms with van der Waals surface area (Å²) < 4.78 is 5.50. The van der Waals surface area contributed by atoms with Gasteiger partial charge in [-0.05, 0) is 55.4 Å². The predicted octanol–water partition coefficient (Wildman–Crippen LogP) is 2.98. The van der Waals surface area contributed by atoms with E-state index in [0.29, 0.717) is 0 Å². The van der Waals surface area contributed by atoms with Crippen molar-refractivity contribution in [3.63, 3.8) is 0 Å². The quantitative estimate of drug-likeness (QED) is 0.871. The molecule has 0 aliphatic heterocycles. The van der Waals surface area contributed by atoms with Gasteiger partial charge in [0.25, 0.3) is 0 Å². The Labute approximate surface area is 104 Å². The van der Waals surface area contributed by atoms with Crippen molar-refractivity contribution >= 4 is 0 Å². The number of benzene rings is 1. The smallest absolute Gasteiger partial charge is 0.122 e. The molecule has 94 valence electrons. The van der Waals surface area contributed by atoms with Crippen molar-refractivity contribution in [1.29, 1.82) is 0 Å². The summed E-state index contributed by atoms with van der Waals surface area (Å²) >= 11 is 0. The van der Waals surface area contributed by atoms with Gasteiger partial charge in [0.05, 0.1) is 7.11 Å². The monoisotopic (exact) mass is 234 g/mol. The van der Waals surface area contributed by atoms with E-state index < -0.39 is 0 Å². The largest absolute Gasteiger partial charge is 0.496 e. The van der Waals surface area contributed by atoms with Crippen LogP contribution in [0.2, 0.25) is 0 Å². The maximum Gasteiger partial charge on any atom is 0.122 e. The molecule has 0 saturated carbocycles. The van der Waals surface area contributed by atoms with Crippen molar-refractivity contribution in [2.24, 2.45) is 0 Å². The summed E-state index contributed by atoms with van der Waals surface area (Å²) in [6.45, 7) is 4.41. The van der Waals surface area contributed by atoms with Crippen molar-refractivity contribution in [1.82, 2.24) is 0 Å². The first-order chi connectivity index (χ1) is 8.19. The molecule has 1 aromatic rings. The normalized spacial score (nSPS) is 16.5. The minimum atomic E-state index is 0.150. The van der Waals surface area contributed by atoms with E-state index in [4.69, 9.17) is 4.74 Å². The van der Waals surface area contributed by atoms with Crippen LogP contribution in [-0.2, 0) is 12.8 Å². The maximum atomic E-state index is 9.38. The van der Waals surface area contributed by atoms with E-state index in [0.717, 1.165) is 5.75 Å². The second-order valence-corrected chi connectivity index (χ2v) is 5.05. The molecule has 0 aromatic heterocycles. The van der Waals surface area contributed by atoms with Gasteiger partial charge in [-0.25, -0.2) is 0 Å². The van der Waals surface area contributed by atoms with Crippen LogP contribution in [0, 0.1) is 6.92 Å². The SMILES string of the molecule is COc1cc2c(c(C)c1C(C)CO)CCCC2. The van der Waals surface area contributed by atoms with Gasteiger partial charge in [-0.1, -0.05) is 6.92 Å². The number of aryl methyl sites for hydroxylation is 1. The van der Waals surface area contributed by atoms with Crippen LogP contribution in [0.5, 0.6) is 5.75 Å². The minimum absolute atomic E-state index is 0.150. The summed E-state index contributed by atoms with van der Waals surface area (Å²) in [6.07, 6.45) is 4.91. The zero-order valence-electron chi connectivity index (χ0n) is 11.0. The Bertz CT molecular complexity index is 410. The van der Waals surface area contributed by atoms with Gasteiger partial charge in [-0.3, -0.25) is 0 Å². The summed E-state index contributed by atoms with van der Waals surface area (Å²) in [5.74, 6) is 1.10. The molecular weight excluding hydrogens is 212 g/mol. The van der Waals surface area contributed by atoms with Gasteiger partial charge >= 0.3 is 0 Å². The molecule has 0 fully saturated rings. The van der Waals surface area contributed by atoms with E-state index in [1.165, 1.54) is 47.9 Å². The lowest BCUT2D eigenvalue weighted by Crippen LogP contribution is -2.11. The van der Waals surface area contributed by atoms with Gasteiger partial charge in [-0.15, -0.1) is 0 Å². The van der Waals surface area contributed by atoms with E-state index in [9.17, 15) is 5.11 Å². The van der Waals surface area contributed by atoms with Gasteiger partial charge in [0.2, 0.25) is 0 Å². The van der Waals surface area contributed by atoms with Gasteiger partial charge in [0.15, 0.2) is 0 Å². The lowest BCUT2D eigenvalue weighted by molar-refractivity contribution is 0.269. The van der Waals surface area contributed by atoms with Gasteiger partial charge < -0.3 is 9.84 Å². The van der Waals surface area contributed by atoms with Crippen LogP contribution in [0.1, 0.15) is 47.9 Å². The summed E-state index contributed by atoms with van der Waals surface area (Å²) in [6, 6.07) is 2.18.